The number of benzene rings is 1. The smallest absolute Gasteiger partial charge is 0.273 e. The van der Waals surface area contributed by atoms with Gasteiger partial charge in [-0.15, -0.1) is 10.2 Å². The Balaban J connectivity index is 1.53. The summed E-state index contributed by atoms with van der Waals surface area (Å²) in [5, 5.41) is 10.9. The van der Waals surface area contributed by atoms with Gasteiger partial charge in [0.05, 0.1) is 7.11 Å². The van der Waals surface area contributed by atoms with Crippen molar-refractivity contribution in [1.29, 1.82) is 0 Å². The Morgan fingerprint density at radius 1 is 1.14 bits per heavy atom. The van der Waals surface area contributed by atoms with Crippen LogP contribution in [-0.2, 0) is 17.6 Å². The second-order valence-electron chi connectivity index (χ2n) is 6.10. The first kappa shape index (κ1) is 19.2. The van der Waals surface area contributed by atoms with E-state index in [4.69, 9.17) is 4.74 Å². The Morgan fingerprint density at radius 2 is 2.04 bits per heavy atom. The molecule has 0 aliphatic carbocycles. The van der Waals surface area contributed by atoms with E-state index in [-0.39, 0.29) is 30.0 Å². The monoisotopic (exact) mass is 379 g/mol. The number of carbonyl (C=O) groups excluding carboxylic acids is 1. The van der Waals surface area contributed by atoms with Gasteiger partial charge >= 0.3 is 0 Å². The average molecular weight is 379 g/mol. The highest BCUT2D eigenvalue weighted by atomic mass is 16.5. The van der Waals surface area contributed by atoms with E-state index >= 15 is 0 Å². The highest BCUT2D eigenvalue weighted by Gasteiger charge is 2.10. The van der Waals surface area contributed by atoms with Crippen LogP contribution in [0.25, 0.3) is 11.4 Å². The molecule has 2 heterocycles. The number of pyridine rings is 1. The lowest BCUT2D eigenvalue weighted by atomic mass is 10.2. The third-order valence-electron chi connectivity index (χ3n) is 4.13. The van der Waals surface area contributed by atoms with Crippen molar-refractivity contribution >= 4 is 5.91 Å². The molecule has 0 aliphatic heterocycles. The van der Waals surface area contributed by atoms with Gasteiger partial charge in [-0.3, -0.25) is 14.6 Å². The van der Waals surface area contributed by atoms with Gasteiger partial charge in [0.2, 0.25) is 5.91 Å². The number of carbonyl (C=O) groups is 1. The number of nitrogens with one attached hydrogen (secondary N) is 2. The molecule has 0 spiro atoms. The molecule has 8 nitrogen and oxygen atoms in total. The van der Waals surface area contributed by atoms with Crippen molar-refractivity contribution in [2.24, 2.45) is 0 Å². The van der Waals surface area contributed by atoms with Gasteiger partial charge in [0.25, 0.3) is 5.56 Å². The molecular formula is C20H21N5O3. The lowest BCUT2D eigenvalue weighted by Crippen LogP contribution is -2.27. The zero-order valence-corrected chi connectivity index (χ0v) is 15.5. The molecule has 0 aliphatic rings. The van der Waals surface area contributed by atoms with E-state index in [9.17, 15) is 9.59 Å². The van der Waals surface area contributed by atoms with E-state index in [0.717, 1.165) is 5.69 Å². The Bertz CT molecular complexity index is 988. The van der Waals surface area contributed by atoms with Crippen molar-refractivity contribution in [3.05, 3.63) is 70.4 Å². The maximum atomic E-state index is 12.3. The van der Waals surface area contributed by atoms with Crippen LogP contribution in [0.5, 0.6) is 5.75 Å². The Kier molecular flexibility index (Phi) is 6.46. The molecule has 144 valence electrons. The van der Waals surface area contributed by atoms with E-state index in [0.29, 0.717) is 30.1 Å². The van der Waals surface area contributed by atoms with Gasteiger partial charge in [0.15, 0.2) is 5.82 Å². The number of methoxy groups -OCH3 is 1. The number of ether oxygens (including phenoxy) is 1. The Hall–Kier alpha value is -3.55. The minimum absolute atomic E-state index is 0.144. The SMILES string of the molecule is COc1cccc(-c2nnc(CCC(=O)NCCc3ccccn3)c(=O)[nH]2)c1. The topological polar surface area (TPSA) is 110 Å². The number of aryl methyl sites for hydroxylation is 1. The lowest BCUT2D eigenvalue weighted by molar-refractivity contribution is -0.121. The van der Waals surface area contributed by atoms with Gasteiger partial charge in [0, 0.05) is 43.3 Å². The van der Waals surface area contributed by atoms with Crippen molar-refractivity contribution in [1.82, 2.24) is 25.5 Å². The Morgan fingerprint density at radius 3 is 2.79 bits per heavy atom. The molecule has 3 aromatic rings. The number of aromatic amines is 1. The first-order valence-electron chi connectivity index (χ1n) is 8.92. The summed E-state index contributed by atoms with van der Waals surface area (Å²) in [6, 6.07) is 12.8. The minimum atomic E-state index is -0.353. The molecule has 28 heavy (non-hydrogen) atoms. The van der Waals surface area contributed by atoms with Gasteiger partial charge < -0.3 is 15.0 Å². The highest BCUT2D eigenvalue weighted by Crippen LogP contribution is 2.19. The number of amides is 1. The van der Waals surface area contributed by atoms with Crippen molar-refractivity contribution in [3.8, 4) is 17.1 Å². The van der Waals surface area contributed by atoms with Crippen LogP contribution >= 0.6 is 0 Å². The van der Waals surface area contributed by atoms with E-state index in [1.807, 2.05) is 18.2 Å². The lowest BCUT2D eigenvalue weighted by Gasteiger charge is -2.06. The van der Waals surface area contributed by atoms with Crippen LogP contribution in [0.1, 0.15) is 17.8 Å². The summed E-state index contributed by atoms with van der Waals surface area (Å²) in [5.74, 6) is 0.869. The number of nitrogens with zero attached hydrogens (tertiary/aromatic N) is 3. The van der Waals surface area contributed by atoms with Crippen LogP contribution in [0, 0.1) is 0 Å². The quantitative estimate of drug-likeness (QED) is 0.614. The highest BCUT2D eigenvalue weighted by molar-refractivity contribution is 5.76. The molecule has 0 atom stereocenters. The predicted molar refractivity (Wildman–Crippen MR) is 104 cm³/mol. The van der Waals surface area contributed by atoms with Crippen LogP contribution in [0.4, 0.5) is 0 Å². The van der Waals surface area contributed by atoms with Crippen LogP contribution in [0.3, 0.4) is 0 Å². The molecule has 0 saturated heterocycles. The van der Waals surface area contributed by atoms with Crippen LogP contribution < -0.4 is 15.6 Å². The number of hydrogen-bond acceptors (Lipinski definition) is 6. The van der Waals surface area contributed by atoms with Crippen LogP contribution in [0.15, 0.2) is 53.5 Å². The maximum absolute atomic E-state index is 12.3. The fourth-order valence-corrected chi connectivity index (χ4v) is 2.62. The summed E-state index contributed by atoms with van der Waals surface area (Å²) in [5.41, 5.74) is 1.49. The fraction of sp³-hybridized carbons (Fsp3) is 0.250. The molecule has 2 aromatic heterocycles. The van der Waals surface area contributed by atoms with Gasteiger partial charge in [-0.05, 0) is 24.3 Å². The molecule has 1 aromatic carbocycles. The fourth-order valence-electron chi connectivity index (χ4n) is 2.62. The third kappa shape index (κ3) is 5.23. The molecule has 1 amide bonds. The van der Waals surface area contributed by atoms with Gasteiger partial charge in [0.1, 0.15) is 11.4 Å². The minimum Gasteiger partial charge on any atom is -0.497 e. The average Bonchev–Trinajstić information content (AvgIpc) is 2.73. The zero-order chi connectivity index (χ0) is 19.8. The van der Waals surface area contributed by atoms with Crippen molar-refractivity contribution < 1.29 is 9.53 Å². The molecule has 0 fully saturated rings. The van der Waals surface area contributed by atoms with Crippen molar-refractivity contribution in [2.45, 2.75) is 19.3 Å². The van der Waals surface area contributed by atoms with E-state index in [1.54, 1.807) is 37.6 Å². The number of H-pyrrole nitrogens is 1. The number of rotatable bonds is 8. The molecule has 0 saturated carbocycles. The maximum Gasteiger partial charge on any atom is 0.273 e. The molecule has 3 rings (SSSR count). The molecule has 0 bridgehead atoms. The number of aromatic nitrogens is 4. The van der Waals surface area contributed by atoms with Crippen LogP contribution in [0.2, 0.25) is 0 Å². The molecule has 0 unspecified atom stereocenters. The Labute approximate surface area is 162 Å². The summed E-state index contributed by atoms with van der Waals surface area (Å²) in [6.45, 7) is 0.493. The standard InChI is InChI=1S/C20H21N5O3/c1-28-16-7-4-5-14(13-16)19-23-20(27)17(24-25-19)8-9-18(26)22-12-10-15-6-2-3-11-21-15/h2-7,11,13H,8-10,12H2,1H3,(H,22,26)(H,23,25,27). The zero-order valence-electron chi connectivity index (χ0n) is 15.5. The van der Waals surface area contributed by atoms with Gasteiger partial charge in [-0.2, -0.15) is 0 Å². The normalized spacial score (nSPS) is 10.5. The molecular weight excluding hydrogens is 358 g/mol. The van der Waals surface area contributed by atoms with E-state index in [2.05, 4.69) is 25.5 Å². The first-order chi connectivity index (χ1) is 13.7. The second kappa shape index (κ2) is 9.40. The molecule has 8 heteroatoms. The van der Waals surface area contributed by atoms with E-state index in [1.165, 1.54) is 0 Å². The summed E-state index contributed by atoms with van der Waals surface area (Å²) in [7, 11) is 1.57. The largest absolute Gasteiger partial charge is 0.497 e. The summed E-state index contributed by atoms with van der Waals surface area (Å²) in [4.78, 5) is 31.1. The molecule has 0 radical (unpaired) electrons. The molecule has 2 N–H and O–H groups in total. The summed E-state index contributed by atoms with van der Waals surface area (Å²) < 4.78 is 5.17. The summed E-state index contributed by atoms with van der Waals surface area (Å²) in [6.07, 6.45) is 2.76. The first-order valence-corrected chi connectivity index (χ1v) is 8.92. The van der Waals surface area contributed by atoms with Gasteiger partial charge in [-0.25, -0.2) is 0 Å². The van der Waals surface area contributed by atoms with Crippen LogP contribution in [-0.4, -0.2) is 39.7 Å². The van der Waals surface area contributed by atoms with E-state index < -0.39 is 0 Å². The van der Waals surface area contributed by atoms with Crippen molar-refractivity contribution in [2.75, 3.05) is 13.7 Å². The number of hydrogen-bond donors (Lipinski definition) is 2. The third-order valence-corrected chi connectivity index (χ3v) is 4.13. The second-order valence-corrected chi connectivity index (χ2v) is 6.10. The van der Waals surface area contributed by atoms with Crippen molar-refractivity contribution in [3.63, 3.8) is 0 Å². The predicted octanol–water partition coefficient (Wildman–Crippen LogP) is 1.53. The summed E-state index contributed by atoms with van der Waals surface area (Å²) >= 11 is 0. The van der Waals surface area contributed by atoms with Gasteiger partial charge in [-0.1, -0.05) is 18.2 Å².